The van der Waals surface area contributed by atoms with Crippen LogP contribution < -0.4 is 5.32 Å². The third-order valence-electron chi connectivity index (χ3n) is 3.13. The summed E-state index contributed by atoms with van der Waals surface area (Å²) in [6.07, 6.45) is 4.44. The lowest BCUT2D eigenvalue weighted by molar-refractivity contribution is -0.134. The van der Waals surface area contributed by atoms with Crippen molar-refractivity contribution < 1.29 is 9.59 Å². The molecule has 1 unspecified atom stereocenters. The van der Waals surface area contributed by atoms with Gasteiger partial charge in [-0.2, -0.15) is 5.10 Å². The molecule has 0 radical (unpaired) electrons. The Labute approximate surface area is 111 Å². The largest absolute Gasteiger partial charge is 0.296 e. The zero-order valence-corrected chi connectivity index (χ0v) is 11.0. The Balaban J connectivity index is 2.06. The quantitative estimate of drug-likeness (QED) is 0.814. The van der Waals surface area contributed by atoms with Gasteiger partial charge in [-0.05, 0) is 18.6 Å². The van der Waals surface area contributed by atoms with E-state index >= 15 is 0 Å². The molecule has 6 heteroatoms. The maximum atomic E-state index is 11.9. The Morgan fingerprint density at radius 1 is 1.44 bits per heavy atom. The third-order valence-corrected chi connectivity index (χ3v) is 3.62. The summed E-state index contributed by atoms with van der Waals surface area (Å²) in [5.74, 6) is -0.732. The first kappa shape index (κ1) is 11.4. The molecule has 0 saturated carbocycles. The average molecular weight is 308 g/mol. The highest BCUT2D eigenvalue weighted by Crippen LogP contribution is 2.29. The van der Waals surface area contributed by atoms with Crippen LogP contribution in [-0.2, 0) is 9.59 Å². The van der Waals surface area contributed by atoms with Gasteiger partial charge in [0, 0.05) is 22.7 Å². The highest BCUT2D eigenvalue weighted by molar-refractivity contribution is 9.10. The maximum absolute atomic E-state index is 11.9. The van der Waals surface area contributed by atoms with Gasteiger partial charge in [0.1, 0.15) is 0 Å². The lowest BCUT2D eigenvalue weighted by atomic mass is 9.91. The maximum Gasteiger partial charge on any atom is 0.234 e. The molecule has 1 atom stereocenters. The number of hydrogen-bond donors (Lipinski definition) is 1. The molecule has 1 N–H and O–H groups in total. The van der Waals surface area contributed by atoms with Gasteiger partial charge in [-0.3, -0.25) is 14.9 Å². The summed E-state index contributed by atoms with van der Waals surface area (Å²) >= 11 is 3.40. The second-order valence-corrected chi connectivity index (χ2v) is 5.19. The molecule has 1 fully saturated rings. The topological polar surface area (TPSA) is 63.5 Å². The van der Waals surface area contributed by atoms with Crippen LogP contribution in [0.15, 0.2) is 29.0 Å². The number of carbonyl (C=O) groups is 2. The minimum Gasteiger partial charge on any atom is -0.296 e. The molecule has 1 aliphatic heterocycles. The number of rotatable bonds is 1. The number of halogens is 1. The minimum absolute atomic E-state index is 0.200. The van der Waals surface area contributed by atoms with Crippen LogP contribution in [0.3, 0.4) is 0 Å². The van der Waals surface area contributed by atoms with Crippen molar-refractivity contribution in [1.82, 2.24) is 14.9 Å². The Bertz CT molecular complexity index is 650. The van der Waals surface area contributed by atoms with E-state index < -0.39 is 0 Å². The molecular weight excluding hydrogens is 298 g/mol. The fourth-order valence-electron chi connectivity index (χ4n) is 2.23. The molecule has 3 rings (SSSR count). The second kappa shape index (κ2) is 4.20. The van der Waals surface area contributed by atoms with Crippen molar-refractivity contribution in [2.75, 3.05) is 0 Å². The van der Waals surface area contributed by atoms with Crippen LogP contribution in [0, 0.1) is 0 Å². The van der Waals surface area contributed by atoms with E-state index in [0.717, 1.165) is 15.6 Å². The summed E-state index contributed by atoms with van der Waals surface area (Å²) in [6.45, 7) is 0. The van der Waals surface area contributed by atoms with E-state index in [2.05, 4.69) is 26.3 Å². The van der Waals surface area contributed by atoms with Crippen LogP contribution in [0.1, 0.15) is 24.3 Å². The van der Waals surface area contributed by atoms with Gasteiger partial charge in [-0.25, -0.2) is 4.52 Å². The summed E-state index contributed by atoms with van der Waals surface area (Å²) in [7, 11) is 0. The highest BCUT2D eigenvalue weighted by atomic mass is 79.9. The number of imide groups is 1. The molecule has 3 heterocycles. The van der Waals surface area contributed by atoms with Gasteiger partial charge in [0.15, 0.2) is 0 Å². The van der Waals surface area contributed by atoms with E-state index in [1.54, 1.807) is 10.7 Å². The van der Waals surface area contributed by atoms with E-state index in [0.29, 0.717) is 12.8 Å². The van der Waals surface area contributed by atoms with E-state index in [-0.39, 0.29) is 17.7 Å². The number of nitrogens with one attached hydrogen (secondary N) is 1. The number of pyridine rings is 1. The van der Waals surface area contributed by atoms with Crippen molar-refractivity contribution in [3.8, 4) is 0 Å². The SMILES string of the molecule is O=C1CCC(c2cnn3ccc(Br)cc23)C(=O)N1. The fraction of sp³-hybridized carbons (Fsp3) is 0.250. The first-order valence-corrected chi connectivity index (χ1v) is 6.41. The lowest BCUT2D eigenvalue weighted by Crippen LogP contribution is -2.39. The Morgan fingerprint density at radius 3 is 3.06 bits per heavy atom. The van der Waals surface area contributed by atoms with E-state index in [1.807, 2.05) is 18.3 Å². The third kappa shape index (κ3) is 1.82. The molecule has 92 valence electrons. The van der Waals surface area contributed by atoms with Crippen molar-refractivity contribution in [2.45, 2.75) is 18.8 Å². The number of piperidine rings is 1. The number of amides is 2. The summed E-state index contributed by atoms with van der Waals surface area (Å²) in [5.41, 5.74) is 1.75. The highest BCUT2D eigenvalue weighted by Gasteiger charge is 2.30. The Kier molecular flexibility index (Phi) is 2.66. The van der Waals surface area contributed by atoms with Crippen molar-refractivity contribution >= 4 is 33.3 Å². The van der Waals surface area contributed by atoms with Crippen LogP contribution in [0.2, 0.25) is 0 Å². The van der Waals surface area contributed by atoms with Gasteiger partial charge >= 0.3 is 0 Å². The van der Waals surface area contributed by atoms with Crippen LogP contribution in [0.4, 0.5) is 0 Å². The van der Waals surface area contributed by atoms with Gasteiger partial charge in [-0.15, -0.1) is 0 Å². The fourth-order valence-corrected chi connectivity index (χ4v) is 2.57. The van der Waals surface area contributed by atoms with Gasteiger partial charge in [0.05, 0.1) is 17.6 Å². The molecule has 2 aromatic rings. The zero-order chi connectivity index (χ0) is 12.7. The molecule has 0 aliphatic carbocycles. The molecule has 5 nitrogen and oxygen atoms in total. The van der Waals surface area contributed by atoms with Crippen LogP contribution in [-0.4, -0.2) is 21.4 Å². The van der Waals surface area contributed by atoms with Crippen molar-refractivity contribution in [3.05, 3.63) is 34.6 Å². The van der Waals surface area contributed by atoms with Crippen molar-refractivity contribution in [2.24, 2.45) is 0 Å². The van der Waals surface area contributed by atoms with Crippen LogP contribution >= 0.6 is 15.9 Å². The summed E-state index contributed by atoms with van der Waals surface area (Å²) in [6, 6.07) is 3.81. The van der Waals surface area contributed by atoms with Gasteiger partial charge in [-0.1, -0.05) is 15.9 Å². The van der Waals surface area contributed by atoms with E-state index in [4.69, 9.17) is 0 Å². The molecule has 0 spiro atoms. The molecule has 0 aromatic carbocycles. The normalized spacial score (nSPS) is 20.2. The van der Waals surface area contributed by atoms with Crippen LogP contribution in [0.25, 0.3) is 5.52 Å². The Morgan fingerprint density at radius 2 is 2.28 bits per heavy atom. The molecule has 18 heavy (non-hydrogen) atoms. The summed E-state index contributed by atoms with van der Waals surface area (Å²) in [5, 5.41) is 6.59. The van der Waals surface area contributed by atoms with Gasteiger partial charge < -0.3 is 0 Å². The van der Waals surface area contributed by atoms with E-state index in [1.165, 1.54) is 0 Å². The number of fused-ring (bicyclic) bond motifs is 1. The standard InChI is InChI=1S/C12H10BrN3O2/c13-7-3-4-16-10(5-7)9(6-14-16)8-1-2-11(17)15-12(8)18/h3-6,8H,1-2H2,(H,15,17,18). The summed E-state index contributed by atoms with van der Waals surface area (Å²) in [4.78, 5) is 23.0. The lowest BCUT2D eigenvalue weighted by Gasteiger charge is -2.19. The van der Waals surface area contributed by atoms with Crippen LogP contribution in [0.5, 0.6) is 0 Å². The van der Waals surface area contributed by atoms with Crippen molar-refractivity contribution in [3.63, 3.8) is 0 Å². The average Bonchev–Trinajstić information content (AvgIpc) is 2.72. The smallest absolute Gasteiger partial charge is 0.234 e. The molecule has 0 bridgehead atoms. The number of carbonyl (C=O) groups excluding carboxylic acids is 2. The van der Waals surface area contributed by atoms with E-state index in [9.17, 15) is 9.59 Å². The molecule has 2 aromatic heterocycles. The monoisotopic (exact) mass is 307 g/mol. The molecule has 1 aliphatic rings. The predicted molar refractivity (Wildman–Crippen MR) is 68.0 cm³/mol. The first-order chi connectivity index (χ1) is 8.65. The van der Waals surface area contributed by atoms with Gasteiger partial charge in [0.2, 0.25) is 11.8 Å². The summed E-state index contributed by atoms with van der Waals surface area (Å²) < 4.78 is 2.66. The second-order valence-electron chi connectivity index (χ2n) is 4.28. The number of hydrogen-bond acceptors (Lipinski definition) is 3. The first-order valence-electron chi connectivity index (χ1n) is 5.61. The molecule has 1 saturated heterocycles. The Hall–Kier alpha value is -1.69. The molecular formula is C12H10BrN3O2. The van der Waals surface area contributed by atoms with Crippen molar-refractivity contribution in [1.29, 1.82) is 0 Å². The van der Waals surface area contributed by atoms with Gasteiger partial charge in [0.25, 0.3) is 0 Å². The zero-order valence-electron chi connectivity index (χ0n) is 9.39. The molecule has 2 amide bonds. The number of aromatic nitrogens is 2. The number of nitrogens with zero attached hydrogens (tertiary/aromatic N) is 2. The minimum atomic E-state index is -0.297. The predicted octanol–water partition coefficient (Wildman–Crippen LogP) is 1.62.